The maximum absolute atomic E-state index is 15.3. The molecule has 4 aliphatic carbocycles. The number of thiazole rings is 1. The van der Waals surface area contributed by atoms with Gasteiger partial charge >= 0.3 is 0 Å². The van der Waals surface area contributed by atoms with Crippen molar-refractivity contribution < 1.29 is 28.7 Å². The minimum atomic E-state index is -0.909. The van der Waals surface area contributed by atoms with E-state index in [1.54, 1.807) is 6.07 Å². The number of hydrogen-bond acceptors (Lipinski definition) is 9. The molecule has 4 aromatic carbocycles. The van der Waals surface area contributed by atoms with Gasteiger partial charge in [-0.3, -0.25) is 19.2 Å². The van der Waals surface area contributed by atoms with Crippen LogP contribution in [0.1, 0.15) is 114 Å². The summed E-state index contributed by atoms with van der Waals surface area (Å²) in [6, 6.07) is 28.7. The molecule has 2 aromatic heterocycles. The average molecular weight is 894 g/mol. The van der Waals surface area contributed by atoms with Gasteiger partial charge in [0, 0.05) is 39.1 Å². The average Bonchev–Trinajstić information content (AvgIpc) is 3.82. The van der Waals surface area contributed by atoms with Gasteiger partial charge < -0.3 is 9.47 Å². The van der Waals surface area contributed by atoms with Gasteiger partial charge in [-0.1, -0.05) is 94.8 Å². The molecule has 328 valence electrons. The lowest BCUT2D eigenvalue weighted by Crippen LogP contribution is -2.54. The first-order valence-corrected chi connectivity index (χ1v) is 23.9. The molecule has 0 N–H and O–H groups in total. The Hall–Kier alpha value is -5.25. The van der Waals surface area contributed by atoms with Crippen LogP contribution in [0.25, 0.3) is 21.1 Å². The summed E-state index contributed by atoms with van der Waals surface area (Å²) >= 11 is 7.66. The highest BCUT2D eigenvalue weighted by Crippen LogP contribution is 2.66. The molecule has 4 saturated carbocycles. The number of pyridine rings is 1. The molecule has 0 saturated heterocycles. The summed E-state index contributed by atoms with van der Waals surface area (Å²) in [5, 5.41) is 2.04. The molecule has 4 aliphatic rings. The van der Waals surface area contributed by atoms with Crippen LogP contribution in [0.4, 0.5) is 0 Å². The zero-order valence-corrected chi connectivity index (χ0v) is 38.8. The first-order chi connectivity index (χ1) is 30.6. The smallest absolute Gasteiger partial charge is 0.279 e. The number of rotatable bonds is 11. The number of fused-ring (bicyclic) bond motifs is 6. The zero-order valence-electron chi connectivity index (χ0n) is 37.3. The summed E-state index contributed by atoms with van der Waals surface area (Å²) in [6.45, 7) is 12.4. The molecule has 10 rings (SSSR count). The number of carbonyl (C=O) groups is 4. The van der Waals surface area contributed by atoms with E-state index < -0.39 is 33.5 Å². The molecule has 6 aromatic rings. The molecule has 4 bridgehead atoms. The lowest BCUT2D eigenvalue weighted by atomic mass is 9.52. The zero-order chi connectivity index (χ0) is 44.9. The van der Waals surface area contributed by atoms with Crippen molar-refractivity contribution in [1.82, 2.24) is 9.97 Å². The third-order valence-corrected chi connectivity index (χ3v) is 17.8. The number of ketones is 4. The van der Waals surface area contributed by atoms with E-state index in [0.29, 0.717) is 84.5 Å². The molecular formula is C54H53ClN2O6S. The van der Waals surface area contributed by atoms with Gasteiger partial charge in [-0.05, 0) is 139 Å². The predicted octanol–water partition coefficient (Wildman–Crippen LogP) is 13.0. The second-order valence-corrected chi connectivity index (χ2v) is 21.4. The quantitative estimate of drug-likeness (QED) is 0.118. The van der Waals surface area contributed by atoms with Crippen molar-refractivity contribution in [1.29, 1.82) is 0 Å². The Bertz CT molecular complexity index is 2940. The Balaban J connectivity index is 0.960. The van der Waals surface area contributed by atoms with Crippen molar-refractivity contribution in [2.24, 2.45) is 33.5 Å². The van der Waals surface area contributed by atoms with Gasteiger partial charge in [-0.2, -0.15) is 0 Å². The van der Waals surface area contributed by atoms with Crippen LogP contribution in [0.5, 0.6) is 22.6 Å². The fourth-order valence-corrected chi connectivity index (χ4v) is 13.4. The number of nitrogens with zero attached hydrogens (tertiary/aromatic N) is 2. The number of aryl methyl sites for hydroxylation is 2. The molecule has 0 radical (unpaired) electrons. The number of aromatic nitrogens is 2. The predicted molar refractivity (Wildman–Crippen MR) is 251 cm³/mol. The van der Waals surface area contributed by atoms with E-state index in [0.717, 1.165) is 37.8 Å². The minimum Gasteiger partial charge on any atom is -0.439 e. The lowest BCUT2D eigenvalue weighted by molar-refractivity contribution is -0.152. The fourth-order valence-electron chi connectivity index (χ4n) is 12.4. The second-order valence-electron chi connectivity index (χ2n) is 20.0. The highest BCUT2D eigenvalue weighted by molar-refractivity contribution is 7.20. The minimum absolute atomic E-state index is 0.00623. The maximum Gasteiger partial charge on any atom is 0.279 e. The van der Waals surface area contributed by atoms with Gasteiger partial charge in [0.1, 0.15) is 23.3 Å². The Morgan fingerprint density at radius 3 is 2.12 bits per heavy atom. The molecule has 0 spiro atoms. The molecule has 0 amide bonds. The van der Waals surface area contributed by atoms with Crippen LogP contribution in [0.15, 0.2) is 91.0 Å². The number of para-hydroxylation sites is 1. The first kappa shape index (κ1) is 42.7. The number of ether oxygens (including phenoxy) is 2. The van der Waals surface area contributed by atoms with Crippen molar-refractivity contribution in [3.05, 3.63) is 118 Å². The van der Waals surface area contributed by atoms with Gasteiger partial charge in [0.05, 0.1) is 15.7 Å². The summed E-state index contributed by atoms with van der Waals surface area (Å²) in [4.78, 5) is 68.6. The standard InChI is InChI=1S/C54H53ClN2O6S/c1-7-30-14-18-34(62-43-21-16-32-11-8-9-13-40(32)56-43)28-36(30)45-47(59)39-23-26-54(49(45)61,52(39,4)5)24-10-12-31-15-19-35(63-50-57-41-27-33(55)17-20-42(41)64-50)29-37(31)44-46(58)38-22-25-53(6,48(44)60)51(38,2)3/h8-9,11,13-21,27-29,38-39,44-45H,7,10,12,22-26H2,1-6H3. The van der Waals surface area contributed by atoms with Crippen LogP contribution in [0.2, 0.25) is 5.02 Å². The monoisotopic (exact) mass is 892 g/mol. The Morgan fingerprint density at radius 2 is 1.36 bits per heavy atom. The largest absolute Gasteiger partial charge is 0.439 e. The van der Waals surface area contributed by atoms with Crippen molar-refractivity contribution in [2.45, 2.75) is 105 Å². The molecule has 4 fully saturated rings. The third-order valence-electron chi connectivity index (χ3n) is 16.6. The van der Waals surface area contributed by atoms with Crippen molar-refractivity contribution >= 4 is 67.2 Å². The Labute approximate surface area is 383 Å². The highest BCUT2D eigenvalue weighted by atomic mass is 35.5. The van der Waals surface area contributed by atoms with E-state index in [9.17, 15) is 14.4 Å². The van der Waals surface area contributed by atoms with Gasteiger partial charge in [-0.15, -0.1) is 0 Å². The summed E-state index contributed by atoms with van der Waals surface area (Å²) in [5.41, 5.74) is 2.43. The van der Waals surface area contributed by atoms with Crippen LogP contribution in [0.3, 0.4) is 0 Å². The number of carbonyl (C=O) groups excluding carboxylic acids is 4. The van der Waals surface area contributed by atoms with E-state index in [1.165, 1.54) is 11.3 Å². The SMILES string of the molecule is CCc1ccc(Oc2ccc3ccccc3n2)cc1C1C(=O)C2CCC(CCCc3ccc(Oc4nc5cc(Cl)ccc5s4)cc3C3C(=O)C4CCC(C)(C3=O)C4(C)C)(C1=O)C2(C)C. The van der Waals surface area contributed by atoms with E-state index in [-0.39, 0.29) is 35.0 Å². The molecule has 6 unspecified atom stereocenters. The van der Waals surface area contributed by atoms with Crippen LogP contribution in [-0.4, -0.2) is 33.1 Å². The van der Waals surface area contributed by atoms with E-state index >= 15 is 4.79 Å². The van der Waals surface area contributed by atoms with Crippen LogP contribution < -0.4 is 9.47 Å². The van der Waals surface area contributed by atoms with Crippen molar-refractivity contribution in [2.75, 3.05) is 0 Å². The van der Waals surface area contributed by atoms with Crippen LogP contribution >= 0.6 is 22.9 Å². The topological polar surface area (TPSA) is 113 Å². The molecule has 8 nitrogen and oxygen atoms in total. The molecular weight excluding hydrogens is 840 g/mol. The molecule has 64 heavy (non-hydrogen) atoms. The molecule has 0 aliphatic heterocycles. The van der Waals surface area contributed by atoms with Gasteiger partial charge in [0.2, 0.25) is 5.88 Å². The van der Waals surface area contributed by atoms with Gasteiger partial charge in [-0.25, -0.2) is 9.97 Å². The molecule has 10 heteroatoms. The number of halogens is 1. The van der Waals surface area contributed by atoms with Crippen LogP contribution in [-0.2, 0) is 32.0 Å². The Kier molecular flexibility index (Phi) is 10.3. The summed E-state index contributed by atoms with van der Waals surface area (Å²) in [6.07, 6.45) is 5.08. The molecule has 6 atom stereocenters. The molecule has 2 heterocycles. The third kappa shape index (κ3) is 6.50. The van der Waals surface area contributed by atoms with E-state index in [2.05, 4.69) is 32.7 Å². The van der Waals surface area contributed by atoms with Gasteiger partial charge in [0.25, 0.3) is 5.19 Å². The summed E-state index contributed by atoms with van der Waals surface area (Å²) in [5.74, 6) is -0.891. The summed E-state index contributed by atoms with van der Waals surface area (Å²) < 4.78 is 13.6. The van der Waals surface area contributed by atoms with Crippen molar-refractivity contribution in [3.8, 4) is 22.6 Å². The normalized spacial score (nSPS) is 26.9. The number of benzene rings is 4. The van der Waals surface area contributed by atoms with Crippen molar-refractivity contribution in [3.63, 3.8) is 0 Å². The number of Topliss-reactive ketones (excluding diaryl/α,β-unsaturated/α-hetero) is 4. The van der Waals surface area contributed by atoms with E-state index in [4.69, 9.17) is 26.1 Å². The Morgan fingerprint density at radius 1 is 0.688 bits per heavy atom. The van der Waals surface area contributed by atoms with Gasteiger partial charge in [0.15, 0.2) is 23.1 Å². The van der Waals surface area contributed by atoms with Crippen LogP contribution in [0, 0.1) is 33.5 Å². The fraction of sp³-hybridized carbons (Fsp3) is 0.407. The second kappa shape index (κ2) is 15.4. The maximum atomic E-state index is 15.3. The van der Waals surface area contributed by atoms with E-state index in [1.807, 2.05) is 98.8 Å². The highest BCUT2D eigenvalue weighted by Gasteiger charge is 2.67. The lowest BCUT2D eigenvalue weighted by Gasteiger charge is -2.49. The number of hydrogen-bond donors (Lipinski definition) is 0. The summed E-state index contributed by atoms with van der Waals surface area (Å²) in [7, 11) is 0. The first-order valence-electron chi connectivity index (χ1n) is 22.8.